The average molecular weight is 153 g/mol. The fourth-order valence-corrected chi connectivity index (χ4v) is 1.77. The van der Waals surface area contributed by atoms with Crippen LogP contribution < -0.4 is 5.32 Å². The second-order valence-corrected chi connectivity index (χ2v) is 3.25. The SMILES string of the molecule is CN1C(=O)NC(=N)C12CCC2. The zero-order chi connectivity index (χ0) is 8.06. The van der Waals surface area contributed by atoms with Gasteiger partial charge in [-0.05, 0) is 19.3 Å². The Bertz CT molecular complexity index is 232. The number of urea groups is 1. The first-order valence-corrected chi connectivity index (χ1v) is 3.81. The average Bonchev–Trinajstić information content (AvgIpc) is 2.03. The van der Waals surface area contributed by atoms with Gasteiger partial charge < -0.3 is 4.90 Å². The van der Waals surface area contributed by atoms with E-state index in [1.807, 2.05) is 0 Å². The van der Waals surface area contributed by atoms with Gasteiger partial charge in [0, 0.05) is 7.05 Å². The number of amides is 2. The van der Waals surface area contributed by atoms with Gasteiger partial charge >= 0.3 is 6.03 Å². The number of likely N-dealkylation sites (N-methyl/N-ethyl adjacent to an activating group) is 1. The molecule has 2 N–H and O–H groups in total. The highest BCUT2D eigenvalue weighted by atomic mass is 16.2. The highest BCUT2D eigenvalue weighted by Gasteiger charge is 2.52. The number of rotatable bonds is 0. The normalized spacial score (nSPS) is 27.2. The Kier molecular flexibility index (Phi) is 1.06. The number of carbonyl (C=O) groups excluding carboxylic acids is 1. The van der Waals surface area contributed by atoms with Gasteiger partial charge in [-0.1, -0.05) is 0 Å². The molecule has 2 aliphatic rings. The van der Waals surface area contributed by atoms with Crippen molar-refractivity contribution in [3.05, 3.63) is 0 Å². The van der Waals surface area contributed by atoms with Gasteiger partial charge in [-0.25, -0.2) is 4.79 Å². The van der Waals surface area contributed by atoms with Crippen LogP contribution >= 0.6 is 0 Å². The lowest BCUT2D eigenvalue weighted by Gasteiger charge is -2.41. The second kappa shape index (κ2) is 1.75. The van der Waals surface area contributed by atoms with E-state index in [-0.39, 0.29) is 11.6 Å². The van der Waals surface area contributed by atoms with Gasteiger partial charge in [0.2, 0.25) is 0 Å². The van der Waals surface area contributed by atoms with Crippen molar-refractivity contribution in [3.8, 4) is 0 Å². The molecule has 4 nitrogen and oxygen atoms in total. The Hall–Kier alpha value is -1.06. The van der Waals surface area contributed by atoms with Crippen LogP contribution in [0.15, 0.2) is 0 Å². The summed E-state index contributed by atoms with van der Waals surface area (Å²) in [7, 11) is 1.76. The van der Waals surface area contributed by atoms with Crippen molar-refractivity contribution in [3.63, 3.8) is 0 Å². The van der Waals surface area contributed by atoms with Gasteiger partial charge in [0.15, 0.2) is 0 Å². The van der Waals surface area contributed by atoms with Crippen molar-refractivity contribution >= 4 is 11.9 Å². The molecule has 0 aromatic heterocycles. The number of amidine groups is 1. The summed E-state index contributed by atoms with van der Waals surface area (Å²) in [6, 6.07) is -0.130. The van der Waals surface area contributed by atoms with E-state index in [2.05, 4.69) is 5.32 Å². The Balaban J connectivity index is 2.32. The highest BCUT2D eigenvalue weighted by molar-refractivity contribution is 6.08. The molecule has 1 spiro atoms. The maximum atomic E-state index is 11.1. The quantitative estimate of drug-likeness (QED) is 0.524. The molecule has 0 unspecified atom stereocenters. The smallest absolute Gasteiger partial charge is 0.315 e. The van der Waals surface area contributed by atoms with Crippen LogP contribution in [0.4, 0.5) is 4.79 Å². The summed E-state index contributed by atoms with van der Waals surface area (Å²) >= 11 is 0. The van der Waals surface area contributed by atoms with E-state index >= 15 is 0 Å². The van der Waals surface area contributed by atoms with Crippen LogP contribution in [0.25, 0.3) is 0 Å². The van der Waals surface area contributed by atoms with Crippen molar-refractivity contribution in [2.45, 2.75) is 24.8 Å². The molecule has 2 amide bonds. The Morgan fingerprint density at radius 2 is 2.27 bits per heavy atom. The minimum absolute atomic E-state index is 0.130. The molecule has 2 rings (SSSR count). The largest absolute Gasteiger partial charge is 0.323 e. The lowest BCUT2D eigenvalue weighted by molar-refractivity contribution is 0.142. The lowest BCUT2D eigenvalue weighted by atomic mass is 9.75. The molecule has 1 saturated heterocycles. The first kappa shape index (κ1) is 6.64. The molecule has 4 heteroatoms. The molecule has 1 aliphatic carbocycles. The van der Waals surface area contributed by atoms with Crippen molar-refractivity contribution in [1.82, 2.24) is 10.2 Å². The van der Waals surface area contributed by atoms with E-state index in [9.17, 15) is 4.79 Å². The number of nitrogens with zero attached hydrogens (tertiary/aromatic N) is 1. The summed E-state index contributed by atoms with van der Waals surface area (Å²) in [4.78, 5) is 12.7. The molecule has 0 atom stereocenters. The van der Waals surface area contributed by atoms with Crippen LogP contribution in [0.1, 0.15) is 19.3 Å². The molecule has 1 aliphatic heterocycles. The molecule has 60 valence electrons. The molecule has 11 heavy (non-hydrogen) atoms. The number of carbonyl (C=O) groups is 1. The Morgan fingerprint density at radius 3 is 2.45 bits per heavy atom. The Labute approximate surface area is 65.1 Å². The zero-order valence-corrected chi connectivity index (χ0v) is 6.48. The van der Waals surface area contributed by atoms with Crippen LogP contribution in [0.3, 0.4) is 0 Å². The third-order valence-electron chi connectivity index (χ3n) is 2.82. The maximum Gasteiger partial charge on any atom is 0.323 e. The first-order valence-electron chi connectivity index (χ1n) is 3.81. The van der Waals surface area contributed by atoms with Crippen molar-refractivity contribution < 1.29 is 4.79 Å². The summed E-state index contributed by atoms with van der Waals surface area (Å²) in [6.45, 7) is 0. The van der Waals surface area contributed by atoms with E-state index < -0.39 is 0 Å². The molecule has 2 fully saturated rings. The fraction of sp³-hybridized carbons (Fsp3) is 0.714. The molecule has 0 aromatic carbocycles. The summed E-state index contributed by atoms with van der Waals surface area (Å²) in [5.74, 6) is 0.385. The van der Waals surface area contributed by atoms with Crippen molar-refractivity contribution in [2.75, 3.05) is 7.05 Å². The predicted octanol–water partition coefficient (Wildman–Crippen LogP) is 0.541. The molecular formula is C7H11N3O. The fourth-order valence-electron chi connectivity index (χ4n) is 1.77. The summed E-state index contributed by atoms with van der Waals surface area (Å²) < 4.78 is 0. The lowest BCUT2D eigenvalue weighted by Crippen LogP contribution is -2.52. The van der Waals surface area contributed by atoms with Gasteiger partial charge in [0.1, 0.15) is 11.4 Å². The van der Waals surface area contributed by atoms with E-state index in [1.54, 1.807) is 11.9 Å². The topological polar surface area (TPSA) is 56.2 Å². The molecule has 1 heterocycles. The predicted molar refractivity (Wildman–Crippen MR) is 40.6 cm³/mol. The van der Waals surface area contributed by atoms with E-state index in [0.717, 1.165) is 19.3 Å². The zero-order valence-electron chi connectivity index (χ0n) is 6.48. The standard InChI is InChI=1S/C7H11N3O/c1-10-6(11)9-5(8)7(10)3-2-4-7/h2-4H2,1H3,(H2,8,9,11). The van der Waals surface area contributed by atoms with Crippen LogP contribution in [-0.4, -0.2) is 29.4 Å². The summed E-state index contributed by atoms with van der Waals surface area (Å²) in [5, 5.41) is 10.1. The summed E-state index contributed by atoms with van der Waals surface area (Å²) in [5.41, 5.74) is -0.239. The molecule has 0 radical (unpaired) electrons. The van der Waals surface area contributed by atoms with Gasteiger partial charge in [-0.2, -0.15) is 0 Å². The number of hydrogen-bond acceptors (Lipinski definition) is 2. The molecule has 0 aromatic rings. The van der Waals surface area contributed by atoms with Crippen LogP contribution in [-0.2, 0) is 0 Å². The molecule has 1 saturated carbocycles. The number of hydrogen-bond donors (Lipinski definition) is 2. The third-order valence-corrected chi connectivity index (χ3v) is 2.82. The number of nitrogens with one attached hydrogen (secondary N) is 2. The van der Waals surface area contributed by atoms with Crippen molar-refractivity contribution in [1.29, 1.82) is 5.41 Å². The first-order chi connectivity index (χ1) is 5.17. The van der Waals surface area contributed by atoms with Gasteiger partial charge in [0.05, 0.1) is 0 Å². The van der Waals surface area contributed by atoms with E-state index in [1.165, 1.54) is 0 Å². The maximum absolute atomic E-state index is 11.1. The van der Waals surface area contributed by atoms with Crippen LogP contribution in [0.2, 0.25) is 0 Å². The van der Waals surface area contributed by atoms with Gasteiger partial charge in [-0.3, -0.25) is 10.7 Å². The minimum atomic E-state index is -0.239. The molecular weight excluding hydrogens is 142 g/mol. The van der Waals surface area contributed by atoms with E-state index in [4.69, 9.17) is 5.41 Å². The minimum Gasteiger partial charge on any atom is -0.315 e. The monoisotopic (exact) mass is 153 g/mol. The highest BCUT2D eigenvalue weighted by Crippen LogP contribution is 2.39. The van der Waals surface area contributed by atoms with Crippen molar-refractivity contribution in [2.24, 2.45) is 0 Å². The van der Waals surface area contributed by atoms with Gasteiger partial charge in [-0.15, -0.1) is 0 Å². The third kappa shape index (κ3) is 0.593. The van der Waals surface area contributed by atoms with Gasteiger partial charge in [0.25, 0.3) is 0 Å². The van der Waals surface area contributed by atoms with E-state index in [0.29, 0.717) is 5.84 Å². The molecule has 0 bridgehead atoms. The Morgan fingerprint density at radius 1 is 1.64 bits per heavy atom. The van der Waals surface area contributed by atoms with Crippen LogP contribution in [0.5, 0.6) is 0 Å². The van der Waals surface area contributed by atoms with Crippen LogP contribution in [0, 0.1) is 5.41 Å². The second-order valence-electron chi connectivity index (χ2n) is 3.25. The summed E-state index contributed by atoms with van der Waals surface area (Å²) in [6.07, 6.45) is 3.02.